The molecular formula is C10H11F2NO2. The number of benzene rings is 1. The van der Waals surface area contributed by atoms with Crippen molar-refractivity contribution in [3.63, 3.8) is 0 Å². The van der Waals surface area contributed by atoms with E-state index in [2.05, 4.69) is 4.74 Å². The summed E-state index contributed by atoms with van der Waals surface area (Å²) in [5, 5.41) is 0. The third-order valence-corrected chi connectivity index (χ3v) is 1.73. The first-order chi connectivity index (χ1) is 7.00. The molecule has 0 spiro atoms. The lowest BCUT2D eigenvalue weighted by Gasteiger charge is -2.10. The Kier molecular flexibility index (Phi) is 3.60. The van der Waals surface area contributed by atoms with Gasteiger partial charge in [0.2, 0.25) is 0 Å². The molecule has 5 heteroatoms. The summed E-state index contributed by atoms with van der Waals surface area (Å²) in [7, 11) is 3.23. The maximum absolute atomic E-state index is 11.8. The van der Waals surface area contributed by atoms with Gasteiger partial charge in [0.05, 0.1) is 0 Å². The van der Waals surface area contributed by atoms with Crippen molar-refractivity contribution >= 4 is 5.91 Å². The molecular weight excluding hydrogens is 204 g/mol. The van der Waals surface area contributed by atoms with Gasteiger partial charge < -0.3 is 9.64 Å². The molecule has 0 saturated carbocycles. The molecule has 0 heterocycles. The average molecular weight is 215 g/mol. The van der Waals surface area contributed by atoms with Crippen molar-refractivity contribution in [3.8, 4) is 5.75 Å². The number of carbonyl (C=O) groups is 1. The Balaban J connectivity index is 2.76. The second kappa shape index (κ2) is 4.72. The average Bonchev–Trinajstić information content (AvgIpc) is 2.17. The molecule has 1 aromatic carbocycles. The molecule has 82 valence electrons. The summed E-state index contributed by atoms with van der Waals surface area (Å²) >= 11 is 0. The quantitative estimate of drug-likeness (QED) is 0.771. The maximum Gasteiger partial charge on any atom is 0.387 e. The van der Waals surface area contributed by atoms with Gasteiger partial charge in [-0.2, -0.15) is 8.78 Å². The smallest absolute Gasteiger partial charge is 0.387 e. The van der Waals surface area contributed by atoms with E-state index in [1.807, 2.05) is 0 Å². The lowest BCUT2D eigenvalue weighted by molar-refractivity contribution is -0.0498. The summed E-state index contributed by atoms with van der Waals surface area (Å²) in [6.07, 6.45) is 0. The third kappa shape index (κ3) is 3.19. The summed E-state index contributed by atoms with van der Waals surface area (Å²) in [5.41, 5.74) is 0.432. The summed E-state index contributed by atoms with van der Waals surface area (Å²) in [6, 6.07) is 5.56. The molecule has 0 aliphatic rings. The van der Waals surface area contributed by atoms with Crippen LogP contribution in [0.5, 0.6) is 5.75 Å². The Bertz CT molecular complexity index is 336. The van der Waals surface area contributed by atoms with Crippen molar-refractivity contribution in [2.45, 2.75) is 6.61 Å². The van der Waals surface area contributed by atoms with E-state index >= 15 is 0 Å². The fraction of sp³-hybridized carbons (Fsp3) is 0.300. The molecule has 1 aromatic rings. The van der Waals surface area contributed by atoms with Crippen molar-refractivity contribution in [2.24, 2.45) is 0 Å². The zero-order chi connectivity index (χ0) is 11.4. The van der Waals surface area contributed by atoms with Gasteiger partial charge in [-0.25, -0.2) is 0 Å². The van der Waals surface area contributed by atoms with Crippen molar-refractivity contribution in [1.82, 2.24) is 4.90 Å². The van der Waals surface area contributed by atoms with Crippen molar-refractivity contribution in [3.05, 3.63) is 29.8 Å². The molecule has 0 unspecified atom stereocenters. The minimum absolute atomic E-state index is 0.0420. The number of carbonyl (C=O) groups excluding carboxylic acids is 1. The predicted octanol–water partition coefficient (Wildman–Crippen LogP) is 1.99. The Morgan fingerprint density at radius 1 is 1.27 bits per heavy atom. The summed E-state index contributed by atoms with van der Waals surface area (Å²) in [4.78, 5) is 12.8. The van der Waals surface area contributed by atoms with E-state index in [1.54, 1.807) is 14.1 Å². The standard InChI is InChI=1S/C10H11F2NO2/c1-13(2)9(14)7-3-5-8(6-4-7)15-10(11)12/h3-6,10H,1-2H3. The zero-order valence-corrected chi connectivity index (χ0v) is 8.41. The topological polar surface area (TPSA) is 29.5 Å². The Morgan fingerprint density at radius 3 is 2.20 bits per heavy atom. The van der Waals surface area contributed by atoms with Crippen molar-refractivity contribution in [2.75, 3.05) is 14.1 Å². The minimum Gasteiger partial charge on any atom is -0.435 e. The predicted molar refractivity (Wildman–Crippen MR) is 51.1 cm³/mol. The summed E-state index contributed by atoms with van der Waals surface area (Å²) in [6.45, 7) is -2.85. The number of rotatable bonds is 3. The van der Waals surface area contributed by atoms with Crippen LogP contribution in [0.25, 0.3) is 0 Å². The largest absolute Gasteiger partial charge is 0.435 e. The maximum atomic E-state index is 11.8. The second-order valence-corrected chi connectivity index (χ2v) is 3.10. The fourth-order valence-electron chi connectivity index (χ4n) is 1.04. The second-order valence-electron chi connectivity index (χ2n) is 3.10. The van der Waals surface area contributed by atoms with Crippen LogP contribution in [0.2, 0.25) is 0 Å². The van der Waals surface area contributed by atoms with E-state index in [4.69, 9.17) is 0 Å². The first-order valence-corrected chi connectivity index (χ1v) is 4.27. The van der Waals surface area contributed by atoms with Gasteiger partial charge in [0.1, 0.15) is 5.75 Å². The van der Waals surface area contributed by atoms with Gasteiger partial charge in [-0.3, -0.25) is 4.79 Å². The van der Waals surface area contributed by atoms with E-state index in [-0.39, 0.29) is 11.7 Å². The highest BCUT2D eigenvalue weighted by Crippen LogP contribution is 2.15. The van der Waals surface area contributed by atoms with Crippen LogP contribution in [0.4, 0.5) is 8.78 Å². The van der Waals surface area contributed by atoms with Crippen LogP contribution < -0.4 is 4.74 Å². The number of halogens is 2. The Labute approximate surface area is 86.3 Å². The van der Waals surface area contributed by atoms with Gasteiger partial charge in [-0.15, -0.1) is 0 Å². The van der Waals surface area contributed by atoms with Crippen LogP contribution in [-0.4, -0.2) is 31.5 Å². The first kappa shape index (κ1) is 11.4. The zero-order valence-electron chi connectivity index (χ0n) is 8.41. The molecule has 0 bridgehead atoms. The highest BCUT2D eigenvalue weighted by molar-refractivity contribution is 5.93. The molecule has 1 amide bonds. The van der Waals surface area contributed by atoms with Crippen LogP contribution in [-0.2, 0) is 0 Å². The lowest BCUT2D eigenvalue weighted by atomic mass is 10.2. The molecule has 0 fully saturated rings. The molecule has 0 aliphatic carbocycles. The normalized spacial score (nSPS) is 10.2. The minimum atomic E-state index is -2.85. The van der Waals surface area contributed by atoms with Crippen LogP contribution in [0, 0.1) is 0 Å². The molecule has 0 saturated heterocycles. The van der Waals surface area contributed by atoms with E-state index in [0.29, 0.717) is 5.56 Å². The number of hydrogen-bond acceptors (Lipinski definition) is 2. The molecule has 1 rings (SSSR count). The van der Waals surface area contributed by atoms with E-state index in [0.717, 1.165) is 0 Å². The van der Waals surface area contributed by atoms with Gasteiger partial charge in [0.25, 0.3) is 5.91 Å². The monoisotopic (exact) mass is 215 g/mol. The number of alkyl halides is 2. The number of ether oxygens (including phenoxy) is 1. The van der Waals surface area contributed by atoms with Crippen LogP contribution in [0.15, 0.2) is 24.3 Å². The molecule has 0 atom stereocenters. The van der Waals surface area contributed by atoms with Gasteiger partial charge >= 0.3 is 6.61 Å². The summed E-state index contributed by atoms with van der Waals surface area (Å²) in [5.74, 6) is -0.140. The van der Waals surface area contributed by atoms with Crippen LogP contribution >= 0.6 is 0 Å². The number of nitrogens with zero attached hydrogens (tertiary/aromatic N) is 1. The van der Waals surface area contributed by atoms with Crippen LogP contribution in [0.1, 0.15) is 10.4 Å². The Morgan fingerprint density at radius 2 is 1.80 bits per heavy atom. The van der Waals surface area contributed by atoms with Gasteiger partial charge in [0, 0.05) is 19.7 Å². The molecule has 0 aromatic heterocycles. The van der Waals surface area contributed by atoms with Gasteiger partial charge in [-0.1, -0.05) is 0 Å². The molecule has 0 radical (unpaired) electrons. The highest BCUT2D eigenvalue weighted by Gasteiger charge is 2.08. The fourth-order valence-corrected chi connectivity index (χ4v) is 1.04. The van der Waals surface area contributed by atoms with Gasteiger partial charge in [0.15, 0.2) is 0 Å². The first-order valence-electron chi connectivity index (χ1n) is 4.27. The Hall–Kier alpha value is -1.65. The molecule has 0 N–H and O–H groups in total. The lowest BCUT2D eigenvalue weighted by Crippen LogP contribution is -2.21. The number of amides is 1. The molecule has 3 nitrogen and oxygen atoms in total. The van der Waals surface area contributed by atoms with Crippen LogP contribution in [0.3, 0.4) is 0 Å². The van der Waals surface area contributed by atoms with Crippen molar-refractivity contribution in [1.29, 1.82) is 0 Å². The SMILES string of the molecule is CN(C)C(=O)c1ccc(OC(F)F)cc1. The van der Waals surface area contributed by atoms with E-state index < -0.39 is 6.61 Å². The molecule has 15 heavy (non-hydrogen) atoms. The summed E-state index contributed by atoms with van der Waals surface area (Å²) < 4.78 is 27.8. The number of hydrogen-bond donors (Lipinski definition) is 0. The highest BCUT2D eigenvalue weighted by atomic mass is 19.3. The van der Waals surface area contributed by atoms with Gasteiger partial charge in [-0.05, 0) is 24.3 Å². The van der Waals surface area contributed by atoms with E-state index in [9.17, 15) is 13.6 Å². The third-order valence-electron chi connectivity index (χ3n) is 1.73. The van der Waals surface area contributed by atoms with E-state index in [1.165, 1.54) is 29.2 Å². The molecule has 0 aliphatic heterocycles. The van der Waals surface area contributed by atoms with Crippen molar-refractivity contribution < 1.29 is 18.3 Å².